The summed E-state index contributed by atoms with van der Waals surface area (Å²) in [5.41, 5.74) is 0.0440. The highest BCUT2D eigenvalue weighted by Gasteiger charge is 2.06. The molecule has 1 heterocycles. The highest BCUT2D eigenvalue weighted by atomic mass is 79.9. The van der Waals surface area contributed by atoms with Crippen molar-refractivity contribution in [3.8, 4) is 0 Å². The number of halogens is 1. The van der Waals surface area contributed by atoms with Crippen LogP contribution in [0.4, 0.5) is 0 Å². The highest BCUT2D eigenvalue weighted by molar-refractivity contribution is 9.10. The summed E-state index contributed by atoms with van der Waals surface area (Å²) in [7, 11) is 0. The first-order chi connectivity index (χ1) is 5.72. The van der Waals surface area contributed by atoms with E-state index in [0.29, 0.717) is 4.47 Å². The van der Waals surface area contributed by atoms with Crippen molar-refractivity contribution in [2.24, 2.45) is 0 Å². The molecule has 0 aliphatic rings. The minimum atomic E-state index is -1.02. The number of hydrogen-bond acceptors (Lipinski definition) is 2. The van der Waals surface area contributed by atoms with E-state index >= 15 is 0 Å². The molecule has 0 bridgehead atoms. The van der Waals surface area contributed by atoms with Crippen LogP contribution in [0, 0.1) is 0 Å². The summed E-state index contributed by atoms with van der Waals surface area (Å²) in [6.45, 7) is 4.00. The van der Waals surface area contributed by atoms with E-state index in [2.05, 4.69) is 20.9 Å². The smallest absolute Gasteiger partial charge is 0.355 e. The van der Waals surface area contributed by atoms with Gasteiger partial charge in [0.15, 0.2) is 5.69 Å². The summed E-state index contributed by atoms with van der Waals surface area (Å²) < 4.78 is 0.502. The average Bonchev–Trinajstić information content (AvgIpc) is 2.08. The first-order valence-electron chi connectivity index (χ1n) is 3.55. The Morgan fingerprint density at radius 3 is 2.50 bits per heavy atom. The molecule has 66 valence electrons. The van der Waals surface area contributed by atoms with Gasteiger partial charge in [-0.25, -0.2) is 9.78 Å². The van der Waals surface area contributed by atoms with Crippen molar-refractivity contribution in [1.82, 2.24) is 4.98 Å². The quantitative estimate of drug-likeness (QED) is 0.809. The molecule has 12 heavy (non-hydrogen) atoms. The van der Waals surface area contributed by atoms with Crippen molar-refractivity contribution in [1.29, 1.82) is 0 Å². The predicted molar refractivity (Wildman–Crippen MR) is 50.2 cm³/mol. The number of aromatic carboxylic acids is 1. The van der Waals surface area contributed by atoms with Gasteiger partial charge >= 0.3 is 5.97 Å². The van der Waals surface area contributed by atoms with Crippen LogP contribution in [0.25, 0.3) is 0 Å². The number of hydrogen-bond donors (Lipinski definition) is 1. The Labute approximate surface area is 79.6 Å². The molecule has 0 amide bonds. The molecule has 0 saturated heterocycles. The highest BCUT2D eigenvalue weighted by Crippen LogP contribution is 2.12. The number of carbonyl (C=O) groups is 1. The molecule has 3 nitrogen and oxygen atoms in total. The van der Waals surface area contributed by atoms with Gasteiger partial charge in [-0.3, -0.25) is 0 Å². The zero-order chi connectivity index (χ0) is 9.56. The van der Waals surface area contributed by atoms with Gasteiger partial charge in [0, 0.05) is 6.20 Å². The van der Waals surface area contributed by atoms with Gasteiger partial charge in [-0.1, -0.05) is 13.8 Å². The van der Waals surface area contributed by atoms with Crippen molar-refractivity contribution < 1.29 is 9.90 Å². The zero-order valence-electron chi connectivity index (χ0n) is 6.91. The summed E-state index contributed by atoms with van der Waals surface area (Å²) in [6, 6.07) is 3.30. The molecule has 0 aliphatic carbocycles. The Bertz CT molecular complexity index is 263. The van der Waals surface area contributed by atoms with Crippen molar-refractivity contribution in [2.75, 3.05) is 0 Å². The van der Waals surface area contributed by atoms with Crippen LogP contribution in [0.5, 0.6) is 0 Å². The second-order valence-corrected chi connectivity index (χ2v) is 2.49. The maximum Gasteiger partial charge on any atom is 0.355 e. The van der Waals surface area contributed by atoms with E-state index in [9.17, 15) is 4.79 Å². The molecular formula is C8H10BrNO2. The van der Waals surface area contributed by atoms with Gasteiger partial charge in [-0.2, -0.15) is 0 Å². The fourth-order valence-electron chi connectivity index (χ4n) is 0.543. The number of carboxylic acids is 1. The van der Waals surface area contributed by atoms with Crippen LogP contribution in [0.15, 0.2) is 22.8 Å². The standard InChI is InChI=1S/C6H4BrNO2.C2H6/c7-4-2-1-3-8-5(4)6(9)10;1-2/h1-3H,(H,9,10);1-2H3. The van der Waals surface area contributed by atoms with Crippen LogP contribution in [-0.4, -0.2) is 16.1 Å². The predicted octanol–water partition coefficient (Wildman–Crippen LogP) is 2.57. The first kappa shape index (κ1) is 11.1. The minimum Gasteiger partial charge on any atom is -0.476 e. The third-order valence-electron chi connectivity index (χ3n) is 0.961. The molecule has 1 rings (SSSR count). The SMILES string of the molecule is CC.O=C(O)c1ncccc1Br. The van der Waals surface area contributed by atoms with Crippen LogP contribution in [0.1, 0.15) is 24.3 Å². The minimum absolute atomic E-state index is 0.0440. The van der Waals surface area contributed by atoms with Crippen LogP contribution in [0.2, 0.25) is 0 Å². The largest absolute Gasteiger partial charge is 0.476 e. The number of rotatable bonds is 1. The summed E-state index contributed by atoms with van der Waals surface area (Å²) in [5.74, 6) is -1.02. The molecule has 4 heteroatoms. The van der Waals surface area contributed by atoms with E-state index in [-0.39, 0.29) is 5.69 Å². The van der Waals surface area contributed by atoms with Crippen LogP contribution >= 0.6 is 15.9 Å². The molecule has 0 radical (unpaired) electrons. The summed E-state index contributed by atoms with van der Waals surface area (Å²) in [5, 5.41) is 8.47. The Morgan fingerprint density at radius 1 is 1.58 bits per heavy atom. The van der Waals surface area contributed by atoms with Gasteiger partial charge in [0.05, 0.1) is 4.47 Å². The van der Waals surface area contributed by atoms with Crippen molar-refractivity contribution in [2.45, 2.75) is 13.8 Å². The molecule has 0 unspecified atom stereocenters. The number of aromatic nitrogens is 1. The molecule has 0 saturated carbocycles. The molecule has 1 aromatic rings. The Kier molecular flexibility index (Phi) is 5.28. The lowest BCUT2D eigenvalue weighted by Crippen LogP contribution is -1.99. The van der Waals surface area contributed by atoms with E-state index in [1.807, 2.05) is 13.8 Å². The van der Waals surface area contributed by atoms with E-state index in [4.69, 9.17) is 5.11 Å². The lowest BCUT2D eigenvalue weighted by Gasteiger charge is -1.93. The van der Waals surface area contributed by atoms with Crippen molar-refractivity contribution in [3.05, 3.63) is 28.5 Å². The van der Waals surface area contributed by atoms with Crippen molar-refractivity contribution >= 4 is 21.9 Å². The number of carboxylic acid groups (broad SMARTS) is 1. The van der Waals surface area contributed by atoms with E-state index in [1.165, 1.54) is 6.20 Å². The molecule has 1 aromatic heterocycles. The monoisotopic (exact) mass is 231 g/mol. The maximum absolute atomic E-state index is 10.3. The van der Waals surface area contributed by atoms with Crippen LogP contribution in [0.3, 0.4) is 0 Å². The molecule has 0 atom stereocenters. The van der Waals surface area contributed by atoms with Gasteiger partial charge < -0.3 is 5.11 Å². The van der Waals surface area contributed by atoms with Gasteiger partial charge in [0.1, 0.15) is 0 Å². The molecule has 0 fully saturated rings. The second kappa shape index (κ2) is 5.71. The summed E-state index contributed by atoms with van der Waals surface area (Å²) in [6.07, 6.45) is 1.44. The van der Waals surface area contributed by atoms with E-state index in [0.717, 1.165) is 0 Å². The second-order valence-electron chi connectivity index (χ2n) is 1.64. The number of nitrogens with zero attached hydrogens (tertiary/aromatic N) is 1. The lowest BCUT2D eigenvalue weighted by atomic mass is 10.4. The fraction of sp³-hybridized carbons (Fsp3) is 0.250. The molecule has 0 aromatic carbocycles. The topological polar surface area (TPSA) is 50.2 Å². The fourth-order valence-corrected chi connectivity index (χ4v) is 0.968. The summed E-state index contributed by atoms with van der Waals surface area (Å²) >= 11 is 3.05. The lowest BCUT2D eigenvalue weighted by molar-refractivity contribution is 0.0689. The molecule has 1 N–H and O–H groups in total. The zero-order valence-corrected chi connectivity index (χ0v) is 8.50. The van der Waals surface area contributed by atoms with Gasteiger partial charge in [-0.05, 0) is 28.1 Å². The third-order valence-corrected chi connectivity index (χ3v) is 1.60. The van der Waals surface area contributed by atoms with Crippen LogP contribution in [-0.2, 0) is 0 Å². The third kappa shape index (κ3) is 3.00. The normalized spacial score (nSPS) is 8.25. The van der Waals surface area contributed by atoms with Gasteiger partial charge in [0.25, 0.3) is 0 Å². The first-order valence-corrected chi connectivity index (χ1v) is 4.35. The number of pyridine rings is 1. The van der Waals surface area contributed by atoms with Gasteiger partial charge in [-0.15, -0.1) is 0 Å². The van der Waals surface area contributed by atoms with E-state index < -0.39 is 5.97 Å². The molecule has 0 aliphatic heterocycles. The Balaban J connectivity index is 0.000000561. The Hall–Kier alpha value is -0.900. The average molecular weight is 232 g/mol. The van der Waals surface area contributed by atoms with Crippen LogP contribution < -0.4 is 0 Å². The Morgan fingerprint density at radius 2 is 2.17 bits per heavy atom. The van der Waals surface area contributed by atoms with Crippen molar-refractivity contribution in [3.63, 3.8) is 0 Å². The van der Waals surface area contributed by atoms with E-state index in [1.54, 1.807) is 12.1 Å². The summed E-state index contributed by atoms with van der Waals surface area (Å²) in [4.78, 5) is 14.0. The van der Waals surface area contributed by atoms with Gasteiger partial charge in [0.2, 0.25) is 0 Å². The molecular weight excluding hydrogens is 222 g/mol. The molecule has 0 spiro atoms. The maximum atomic E-state index is 10.3.